The van der Waals surface area contributed by atoms with Crippen LogP contribution >= 0.6 is 23.5 Å². The molecule has 1 N–H and O–H groups in total. The van der Waals surface area contributed by atoms with Crippen LogP contribution in [0, 0.1) is 0 Å². The van der Waals surface area contributed by atoms with E-state index in [9.17, 15) is 8.42 Å². The standard InChI is InChI=1S/C13H27NO2S3/c1-4-7-14-12(6-5-10-19(3,15)16)13-11(2)17-8-9-18-13/h11-14H,4-10H2,1-3H3. The fraction of sp³-hybridized carbons (Fsp3) is 1.00. The second-order valence-corrected chi connectivity index (χ2v) is 10.3. The highest BCUT2D eigenvalue weighted by atomic mass is 32.2. The Hall–Kier alpha value is 0.610. The average molecular weight is 326 g/mol. The highest BCUT2D eigenvalue weighted by molar-refractivity contribution is 8.07. The first kappa shape index (κ1) is 17.7. The lowest BCUT2D eigenvalue weighted by atomic mass is 10.1. The number of hydrogen-bond donors (Lipinski definition) is 1. The van der Waals surface area contributed by atoms with Gasteiger partial charge in [-0.25, -0.2) is 8.42 Å². The summed E-state index contributed by atoms with van der Waals surface area (Å²) >= 11 is 4.10. The first-order chi connectivity index (χ1) is 8.94. The second-order valence-electron chi connectivity index (χ2n) is 5.24. The number of sulfone groups is 1. The summed E-state index contributed by atoms with van der Waals surface area (Å²) in [6.45, 7) is 5.50. The van der Waals surface area contributed by atoms with E-state index in [1.165, 1.54) is 17.8 Å². The van der Waals surface area contributed by atoms with Gasteiger partial charge in [-0.3, -0.25) is 0 Å². The predicted molar refractivity (Wildman–Crippen MR) is 89.2 cm³/mol. The molecule has 1 aliphatic rings. The monoisotopic (exact) mass is 325 g/mol. The largest absolute Gasteiger partial charge is 0.313 e. The van der Waals surface area contributed by atoms with E-state index in [4.69, 9.17) is 0 Å². The van der Waals surface area contributed by atoms with Gasteiger partial charge in [-0.05, 0) is 25.8 Å². The highest BCUT2D eigenvalue weighted by Gasteiger charge is 2.29. The van der Waals surface area contributed by atoms with Gasteiger partial charge in [0.2, 0.25) is 0 Å². The highest BCUT2D eigenvalue weighted by Crippen LogP contribution is 2.34. The zero-order valence-corrected chi connectivity index (χ0v) is 14.7. The van der Waals surface area contributed by atoms with Crippen molar-refractivity contribution in [3.8, 4) is 0 Å². The predicted octanol–water partition coefficient (Wildman–Crippen LogP) is 2.42. The Labute approximate surface area is 127 Å². The smallest absolute Gasteiger partial charge is 0.147 e. The van der Waals surface area contributed by atoms with E-state index in [2.05, 4.69) is 30.9 Å². The molecular weight excluding hydrogens is 298 g/mol. The molecule has 3 unspecified atom stereocenters. The van der Waals surface area contributed by atoms with Crippen LogP contribution in [-0.2, 0) is 9.84 Å². The van der Waals surface area contributed by atoms with Gasteiger partial charge in [0.1, 0.15) is 9.84 Å². The molecule has 0 bridgehead atoms. The molecule has 19 heavy (non-hydrogen) atoms. The fourth-order valence-corrected chi connectivity index (χ4v) is 6.06. The zero-order valence-electron chi connectivity index (χ0n) is 12.2. The van der Waals surface area contributed by atoms with Gasteiger partial charge >= 0.3 is 0 Å². The van der Waals surface area contributed by atoms with Crippen molar-refractivity contribution in [2.24, 2.45) is 0 Å². The molecule has 0 aromatic rings. The molecule has 6 heteroatoms. The molecule has 1 aliphatic heterocycles. The van der Waals surface area contributed by atoms with Crippen LogP contribution in [0.5, 0.6) is 0 Å². The third kappa shape index (κ3) is 7.25. The van der Waals surface area contributed by atoms with Crippen molar-refractivity contribution in [3.63, 3.8) is 0 Å². The molecular formula is C13H27NO2S3. The van der Waals surface area contributed by atoms with Gasteiger partial charge in [0.05, 0.1) is 0 Å². The van der Waals surface area contributed by atoms with E-state index in [0.717, 1.165) is 25.8 Å². The van der Waals surface area contributed by atoms with Crippen LogP contribution in [0.15, 0.2) is 0 Å². The molecule has 0 aromatic carbocycles. The minimum Gasteiger partial charge on any atom is -0.313 e. The summed E-state index contributed by atoms with van der Waals surface area (Å²) in [4.78, 5) is 0. The minimum absolute atomic E-state index is 0.316. The summed E-state index contributed by atoms with van der Waals surface area (Å²) in [5.41, 5.74) is 0. The van der Waals surface area contributed by atoms with Gasteiger partial charge in [0.25, 0.3) is 0 Å². The Kier molecular flexibility index (Phi) is 8.18. The van der Waals surface area contributed by atoms with Crippen LogP contribution in [-0.4, -0.2) is 55.0 Å². The Morgan fingerprint density at radius 2 is 2.00 bits per heavy atom. The topological polar surface area (TPSA) is 46.2 Å². The van der Waals surface area contributed by atoms with Crippen molar-refractivity contribution in [3.05, 3.63) is 0 Å². The number of rotatable bonds is 8. The van der Waals surface area contributed by atoms with Crippen LogP contribution in [0.2, 0.25) is 0 Å². The van der Waals surface area contributed by atoms with Crippen LogP contribution < -0.4 is 5.32 Å². The van der Waals surface area contributed by atoms with Crippen molar-refractivity contribution >= 4 is 33.4 Å². The molecule has 3 nitrogen and oxygen atoms in total. The Balaban J connectivity index is 2.50. The molecule has 0 aliphatic carbocycles. The number of hydrogen-bond acceptors (Lipinski definition) is 5. The van der Waals surface area contributed by atoms with E-state index >= 15 is 0 Å². The summed E-state index contributed by atoms with van der Waals surface area (Å²) in [6.07, 6.45) is 4.20. The van der Waals surface area contributed by atoms with Crippen LogP contribution in [0.3, 0.4) is 0 Å². The van der Waals surface area contributed by atoms with Crippen molar-refractivity contribution < 1.29 is 8.42 Å². The number of thioether (sulfide) groups is 2. The maximum Gasteiger partial charge on any atom is 0.147 e. The lowest BCUT2D eigenvalue weighted by Crippen LogP contribution is -2.44. The van der Waals surface area contributed by atoms with Crippen molar-refractivity contribution in [1.82, 2.24) is 5.32 Å². The van der Waals surface area contributed by atoms with E-state index in [1.807, 2.05) is 11.8 Å². The molecule has 3 atom stereocenters. The summed E-state index contributed by atoms with van der Waals surface area (Å²) in [6, 6.07) is 0.453. The lowest BCUT2D eigenvalue weighted by molar-refractivity contribution is 0.457. The van der Waals surface area contributed by atoms with E-state index < -0.39 is 9.84 Å². The summed E-state index contributed by atoms with van der Waals surface area (Å²) in [7, 11) is -2.82. The van der Waals surface area contributed by atoms with Crippen LogP contribution in [0.25, 0.3) is 0 Å². The summed E-state index contributed by atoms with van der Waals surface area (Å²) in [5, 5.41) is 4.90. The molecule has 1 fully saturated rings. The van der Waals surface area contributed by atoms with Gasteiger partial charge in [0.15, 0.2) is 0 Å². The van der Waals surface area contributed by atoms with E-state index in [0.29, 0.717) is 22.3 Å². The molecule has 0 amide bonds. The van der Waals surface area contributed by atoms with E-state index in [1.54, 1.807) is 0 Å². The zero-order chi connectivity index (χ0) is 14.3. The van der Waals surface area contributed by atoms with Crippen molar-refractivity contribution in [2.75, 3.05) is 30.1 Å². The SMILES string of the molecule is CCCNC(CCCS(C)(=O)=O)C1SCCSC1C. The Bertz CT molecular complexity index is 346. The van der Waals surface area contributed by atoms with E-state index in [-0.39, 0.29) is 0 Å². The molecule has 0 radical (unpaired) electrons. The lowest BCUT2D eigenvalue weighted by Gasteiger charge is -2.35. The molecule has 0 aromatic heterocycles. The average Bonchev–Trinajstić information content (AvgIpc) is 2.33. The summed E-state index contributed by atoms with van der Waals surface area (Å²) < 4.78 is 22.5. The van der Waals surface area contributed by atoms with Gasteiger partial charge < -0.3 is 5.32 Å². The van der Waals surface area contributed by atoms with Gasteiger partial charge in [-0.2, -0.15) is 23.5 Å². The maximum absolute atomic E-state index is 11.2. The first-order valence-corrected chi connectivity index (χ1v) is 11.2. The quantitative estimate of drug-likeness (QED) is 0.742. The third-order valence-corrected chi connectivity index (χ3v) is 7.60. The maximum atomic E-state index is 11.2. The minimum atomic E-state index is -2.82. The number of nitrogens with one attached hydrogen (secondary N) is 1. The molecule has 114 valence electrons. The first-order valence-electron chi connectivity index (χ1n) is 7.08. The Morgan fingerprint density at radius 3 is 2.58 bits per heavy atom. The van der Waals surface area contributed by atoms with Crippen LogP contribution in [0.4, 0.5) is 0 Å². The fourth-order valence-electron chi connectivity index (χ4n) is 2.37. The van der Waals surface area contributed by atoms with Crippen molar-refractivity contribution in [1.29, 1.82) is 0 Å². The van der Waals surface area contributed by atoms with Crippen LogP contribution in [0.1, 0.15) is 33.1 Å². The second kappa shape index (κ2) is 8.80. The van der Waals surface area contributed by atoms with Gasteiger partial charge in [-0.1, -0.05) is 13.8 Å². The molecule has 1 heterocycles. The molecule has 0 spiro atoms. The van der Waals surface area contributed by atoms with Gasteiger partial charge in [-0.15, -0.1) is 0 Å². The third-order valence-electron chi connectivity index (χ3n) is 3.32. The Morgan fingerprint density at radius 1 is 1.32 bits per heavy atom. The molecule has 0 saturated carbocycles. The molecule has 1 saturated heterocycles. The summed E-state index contributed by atoms with van der Waals surface area (Å²) in [5.74, 6) is 2.78. The van der Waals surface area contributed by atoms with Crippen molar-refractivity contribution in [2.45, 2.75) is 49.7 Å². The van der Waals surface area contributed by atoms with Gasteiger partial charge in [0, 0.05) is 40.1 Å². The molecule has 1 rings (SSSR count). The normalized spacial score (nSPS) is 26.3.